The maximum Gasteiger partial charge on any atom is 0.231 e. The first-order chi connectivity index (χ1) is 15.6. The molecule has 0 fully saturated rings. The van der Waals surface area contributed by atoms with Crippen molar-refractivity contribution in [2.75, 3.05) is 4.90 Å². The molecule has 7 nitrogen and oxygen atoms in total. The van der Waals surface area contributed by atoms with E-state index in [-0.39, 0.29) is 23.1 Å². The number of carbonyl (C=O) groups excluding carboxylic acids is 1. The number of hydrogen-bond donors (Lipinski definition) is 2. The summed E-state index contributed by atoms with van der Waals surface area (Å²) >= 11 is 6.52. The van der Waals surface area contributed by atoms with Crippen molar-refractivity contribution >= 4 is 23.3 Å². The number of aromatic amines is 1. The number of Topliss-reactive ketones (excluding diaryl/α,β-unsaturated/α-hetero) is 1. The minimum Gasteiger partial charge on any atom is -0.384 e. The van der Waals surface area contributed by atoms with Gasteiger partial charge in [-0.05, 0) is 29.5 Å². The topological polar surface area (TPSA) is 112 Å². The standard InChI is InChI=1S/C24H19ClN6O/c25-18-9-5-4-8-16(18)21-17(12-26)23(27)31(24-28-13-29-30-24)19-10-15(11-20(32)22(19)21)14-6-2-1-3-7-14/h1-9,13,15,21H,10-11,27H2,(H,28,29,30)/t15-,21-/m0/s1. The predicted octanol–water partition coefficient (Wildman–Crippen LogP) is 4.16. The van der Waals surface area contributed by atoms with Crippen LogP contribution in [0.1, 0.15) is 35.8 Å². The van der Waals surface area contributed by atoms with E-state index in [2.05, 4.69) is 21.3 Å². The number of nitrogens with two attached hydrogens (primary N) is 1. The van der Waals surface area contributed by atoms with Gasteiger partial charge in [0.1, 0.15) is 12.1 Å². The molecule has 3 N–H and O–H groups in total. The molecule has 0 bridgehead atoms. The van der Waals surface area contributed by atoms with E-state index in [0.717, 1.165) is 5.56 Å². The monoisotopic (exact) mass is 442 g/mol. The normalized spacial score (nSPS) is 20.9. The van der Waals surface area contributed by atoms with Crippen LogP contribution in [0.15, 0.2) is 83.6 Å². The zero-order valence-corrected chi connectivity index (χ0v) is 17.8. The Kier molecular flexibility index (Phi) is 5.00. The van der Waals surface area contributed by atoms with Crippen LogP contribution in [0.4, 0.5) is 5.95 Å². The summed E-state index contributed by atoms with van der Waals surface area (Å²) in [4.78, 5) is 19.6. The van der Waals surface area contributed by atoms with E-state index in [4.69, 9.17) is 17.3 Å². The maximum absolute atomic E-state index is 13.6. The molecule has 32 heavy (non-hydrogen) atoms. The molecule has 0 saturated heterocycles. The summed E-state index contributed by atoms with van der Waals surface area (Å²) in [5.74, 6) is -0.102. The number of H-pyrrole nitrogens is 1. The highest BCUT2D eigenvalue weighted by Gasteiger charge is 2.44. The fourth-order valence-electron chi connectivity index (χ4n) is 4.66. The zero-order chi connectivity index (χ0) is 22.2. The van der Waals surface area contributed by atoms with E-state index >= 15 is 0 Å². The van der Waals surface area contributed by atoms with Gasteiger partial charge in [0, 0.05) is 22.7 Å². The number of carbonyl (C=O) groups is 1. The van der Waals surface area contributed by atoms with E-state index in [1.807, 2.05) is 48.5 Å². The minimum atomic E-state index is -0.632. The van der Waals surface area contributed by atoms with Gasteiger partial charge >= 0.3 is 0 Å². The van der Waals surface area contributed by atoms with Crippen LogP contribution < -0.4 is 10.6 Å². The Morgan fingerprint density at radius 1 is 1.12 bits per heavy atom. The maximum atomic E-state index is 13.6. The van der Waals surface area contributed by atoms with Crippen molar-refractivity contribution < 1.29 is 4.79 Å². The first-order valence-corrected chi connectivity index (χ1v) is 10.6. The van der Waals surface area contributed by atoms with Crippen LogP contribution in [-0.2, 0) is 4.79 Å². The van der Waals surface area contributed by atoms with Crippen LogP contribution in [0.3, 0.4) is 0 Å². The third-order valence-corrected chi connectivity index (χ3v) is 6.41. The highest BCUT2D eigenvalue weighted by atomic mass is 35.5. The summed E-state index contributed by atoms with van der Waals surface area (Å²) in [6, 6.07) is 19.4. The SMILES string of the molecule is N#CC1=C(N)N(c2ncn[nH]2)C2=C(C(=O)C[C@@H](c3ccccc3)C2)[C@H]1c1ccccc1Cl. The highest BCUT2D eigenvalue weighted by molar-refractivity contribution is 6.31. The molecule has 2 atom stereocenters. The van der Waals surface area contributed by atoms with Gasteiger partial charge in [0.15, 0.2) is 5.78 Å². The van der Waals surface area contributed by atoms with Crippen molar-refractivity contribution in [1.82, 2.24) is 15.2 Å². The number of benzene rings is 2. The Hall–Kier alpha value is -3.89. The molecule has 0 radical (unpaired) electrons. The molecular weight excluding hydrogens is 424 g/mol. The van der Waals surface area contributed by atoms with Gasteiger partial charge in [0.05, 0.1) is 17.6 Å². The minimum absolute atomic E-state index is 0.0174. The number of aromatic nitrogens is 3. The molecule has 0 spiro atoms. The predicted molar refractivity (Wildman–Crippen MR) is 120 cm³/mol. The van der Waals surface area contributed by atoms with Crippen molar-refractivity contribution in [2.24, 2.45) is 5.73 Å². The lowest BCUT2D eigenvalue weighted by Crippen LogP contribution is -2.40. The third kappa shape index (κ3) is 3.17. The summed E-state index contributed by atoms with van der Waals surface area (Å²) in [7, 11) is 0. The van der Waals surface area contributed by atoms with E-state index in [1.165, 1.54) is 6.33 Å². The van der Waals surface area contributed by atoms with Gasteiger partial charge in [-0.15, -0.1) is 0 Å². The van der Waals surface area contributed by atoms with Crippen LogP contribution >= 0.6 is 11.6 Å². The van der Waals surface area contributed by atoms with Crippen molar-refractivity contribution in [1.29, 1.82) is 5.26 Å². The molecule has 1 aromatic heterocycles. The van der Waals surface area contributed by atoms with E-state index < -0.39 is 5.92 Å². The molecule has 2 heterocycles. The van der Waals surface area contributed by atoms with Gasteiger partial charge < -0.3 is 5.73 Å². The number of nitrogens with one attached hydrogen (secondary N) is 1. The summed E-state index contributed by atoms with van der Waals surface area (Å²) < 4.78 is 0. The van der Waals surface area contributed by atoms with Crippen LogP contribution in [-0.4, -0.2) is 21.0 Å². The van der Waals surface area contributed by atoms with E-state index in [1.54, 1.807) is 11.0 Å². The second-order valence-electron chi connectivity index (χ2n) is 7.81. The number of rotatable bonds is 3. The molecule has 2 aromatic carbocycles. The number of hydrogen-bond acceptors (Lipinski definition) is 6. The Balaban J connectivity index is 1.73. The van der Waals surface area contributed by atoms with Crippen LogP contribution in [0.25, 0.3) is 0 Å². The second kappa shape index (κ2) is 7.98. The van der Waals surface area contributed by atoms with Crippen molar-refractivity contribution in [3.05, 3.63) is 99.7 Å². The molecule has 158 valence electrons. The van der Waals surface area contributed by atoms with Crippen molar-refractivity contribution in [3.8, 4) is 6.07 Å². The fourth-order valence-corrected chi connectivity index (χ4v) is 4.90. The van der Waals surface area contributed by atoms with Crippen LogP contribution in [0, 0.1) is 11.3 Å². The largest absolute Gasteiger partial charge is 0.384 e. The average molecular weight is 443 g/mol. The van der Waals surface area contributed by atoms with Gasteiger partial charge in [0.2, 0.25) is 5.95 Å². The molecule has 1 aliphatic heterocycles. The fraction of sp³-hybridized carbons (Fsp3) is 0.167. The lowest BCUT2D eigenvalue weighted by molar-refractivity contribution is -0.116. The number of nitrogens with zero attached hydrogens (tertiary/aromatic N) is 4. The molecule has 3 aromatic rings. The Labute approximate surface area is 189 Å². The summed E-state index contributed by atoms with van der Waals surface area (Å²) in [5, 5.41) is 17.3. The zero-order valence-electron chi connectivity index (χ0n) is 17.0. The lowest BCUT2D eigenvalue weighted by atomic mass is 9.72. The number of allylic oxidation sites excluding steroid dienone is 3. The van der Waals surface area contributed by atoms with Crippen molar-refractivity contribution in [2.45, 2.75) is 24.7 Å². The quantitative estimate of drug-likeness (QED) is 0.630. The first kappa shape index (κ1) is 20.0. The molecular formula is C24H19ClN6O. The molecule has 0 amide bonds. The third-order valence-electron chi connectivity index (χ3n) is 6.07. The van der Waals surface area contributed by atoms with E-state index in [0.29, 0.717) is 40.6 Å². The Bertz CT molecular complexity index is 1290. The number of nitriles is 1. The Morgan fingerprint density at radius 3 is 2.56 bits per heavy atom. The summed E-state index contributed by atoms with van der Waals surface area (Å²) in [6.07, 6.45) is 2.27. The molecule has 5 rings (SSSR count). The van der Waals surface area contributed by atoms with Gasteiger partial charge in [-0.3, -0.25) is 9.69 Å². The van der Waals surface area contributed by atoms with Gasteiger partial charge in [-0.25, -0.2) is 5.10 Å². The Morgan fingerprint density at radius 2 is 1.88 bits per heavy atom. The van der Waals surface area contributed by atoms with Crippen LogP contribution in [0.5, 0.6) is 0 Å². The van der Waals surface area contributed by atoms with Gasteiger partial charge in [0.25, 0.3) is 0 Å². The molecule has 1 aliphatic carbocycles. The lowest BCUT2D eigenvalue weighted by Gasteiger charge is -2.40. The second-order valence-corrected chi connectivity index (χ2v) is 8.22. The smallest absolute Gasteiger partial charge is 0.231 e. The highest BCUT2D eigenvalue weighted by Crippen LogP contribution is 2.49. The molecule has 0 unspecified atom stereocenters. The van der Waals surface area contributed by atoms with E-state index in [9.17, 15) is 10.1 Å². The van der Waals surface area contributed by atoms with Gasteiger partial charge in [-0.2, -0.15) is 15.3 Å². The van der Waals surface area contributed by atoms with Crippen molar-refractivity contribution in [3.63, 3.8) is 0 Å². The first-order valence-electron chi connectivity index (χ1n) is 10.2. The summed E-state index contributed by atoms with van der Waals surface area (Å²) in [5.41, 5.74) is 9.82. The molecule has 0 saturated carbocycles. The number of ketones is 1. The number of halogens is 1. The average Bonchev–Trinajstić information content (AvgIpc) is 3.33. The summed E-state index contributed by atoms with van der Waals surface area (Å²) in [6.45, 7) is 0. The number of anilines is 1. The van der Waals surface area contributed by atoms with Gasteiger partial charge in [-0.1, -0.05) is 60.1 Å². The molecule has 8 heteroatoms. The molecule has 2 aliphatic rings. The van der Waals surface area contributed by atoms with Crippen LogP contribution in [0.2, 0.25) is 5.02 Å².